The van der Waals surface area contributed by atoms with Gasteiger partial charge in [0.1, 0.15) is 12.4 Å². The molecule has 1 aliphatic rings. The third-order valence-electron chi connectivity index (χ3n) is 5.13. The van der Waals surface area contributed by atoms with Crippen molar-refractivity contribution in [1.82, 2.24) is 15.5 Å². The highest BCUT2D eigenvalue weighted by molar-refractivity contribution is 14.0. The molecule has 0 amide bonds. The maximum Gasteiger partial charge on any atom is 0.191 e. The van der Waals surface area contributed by atoms with Gasteiger partial charge in [-0.2, -0.15) is 0 Å². The minimum atomic E-state index is 0. The Morgan fingerprint density at radius 2 is 1.84 bits per heavy atom. The summed E-state index contributed by atoms with van der Waals surface area (Å²) in [7, 11) is 1.79. The fraction of sp³-hybridized carbons (Fsp3) is 0.375. The van der Waals surface area contributed by atoms with Crippen LogP contribution in [0.25, 0.3) is 0 Å². The smallest absolute Gasteiger partial charge is 0.191 e. The zero-order valence-electron chi connectivity index (χ0n) is 18.1. The highest BCUT2D eigenvalue weighted by Crippen LogP contribution is 2.21. The van der Waals surface area contributed by atoms with Crippen LogP contribution in [0.5, 0.6) is 5.75 Å². The Bertz CT molecular complexity index is 810. The second kappa shape index (κ2) is 14.1. The van der Waals surface area contributed by atoms with Crippen molar-refractivity contribution < 1.29 is 9.47 Å². The number of hydrogen-bond donors (Lipinski definition) is 2. The van der Waals surface area contributed by atoms with Gasteiger partial charge in [0.15, 0.2) is 5.96 Å². The predicted molar refractivity (Wildman–Crippen MR) is 137 cm³/mol. The van der Waals surface area contributed by atoms with Gasteiger partial charge in [-0.3, -0.25) is 9.89 Å². The Hall–Kier alpha value is -2.10. The molecule has 1 saturated heterocycles. The third kappa shape index (κ3) is 7.83. The van der Waals surface area contributed by atoms with Gasteiger partial charge in [-0.15, -0.1) is 24.0 Å². The average Bonchev–Trinajstić information content (AvgIpc) is 2.81. The molecule has 0 aliphatic carbocycles. The third-order valence-corrected chi connectivity index (χ3v) is 5.13. The molecule has 2 N–H and O–H groups in total. The summed E-state index contributed by atoms with van der Waals surface area (Å²) in [4.78, 5) is 6.87. The van der Waals surface area contributed by atoms with Crippen LogP contribution in [0, 0.1) is 0 Å². The molecule has 0 saturated carbocycles. The standard InChI is InChI=1S/C24H32N4O2.HI/c1-3-15-30-23-12-8-7-11-21(23)18-26-24(25-2)27-19-22(20-9-5-4-6-10-20)28-13-16-29-17-14-28;/h3-12,22H,1,13-19H2,2H3,(H2,25,26,27);1H. The van der Waals surface area contributed by atoms with Crippen LogP contribution in [0.1, 0.15) is 17.2 Å². The van der Waals surface area contributed by atoms with Crippen molar-refractivity contribution >= 4 is 29.9 Å². The van der Waals surface area contributed by atoms with Crippen LogP contribution in [0.15, 0.2) is 72.2 Å². The predicted octanol–water partition coefficient (Wildman–Crippen LogP) is 3.61. The molecule has 1 aliphatic heterocycles. The molecule has 1 unspecified atom stereocenters. The van der Waals surface area contributed by atoms with Gasteiger partial charge in [-0.25, -0.2) is 0 Å². The largest absolute Gasteiger partial charge is 0.489 e. The number of halogens is 1. The van der Waals surface area contributed by atoms with E-state index in [1.165, 1.54) is 5.56 Å². The van der Waals surface area contributed by atoms with Crippen LogP contribution in [-0.4, -0.2) is 57.4 Å². The number of nitrogens with zero attached hydrogens (tertiary/aromatic N) is 2. The minimum absolute atomic E-state index is 0. The molecule has 0 radical (unpaired) electrons. The lowest BCUT2D eigenvalue weighted by atomic mass is 10.0. The van der Waals surface area contributed by atoms with Gasteiger partial charge in [0.2, 0.25) is 0 Å². The normalized spacial score (nSPS) is 15.5. The topological polar surface area (TPSA) is 58.1 Å². The van der Waals surface area contributed by atoms with E-state index in [1.54, 1.807) is 13.1 Å². The van der Waals surface area contributed by atoms with Crippen molar-refractivity contribution in [2.24, 2.45) is 4.99 Å². The van der Waals surface area contributed by atoms with E-state index >= 15 is 0 Å². The molecular formula is C24H33IN4O2. The summed E-state index contributed by atoms with van der Waals surface area (Å²) in [5.41, 5.74) is 2.38. The number of nitrogens with one attached hydrogen (secondary N) is 2. The number of para-hydroxylation sites is 1. The maximum atomic E-state index is 5.75. The summed E-state index contributed by atoms with van der Waals surface area (Å²) in [6, 6.07) is 18.9. The van der Waals surface area contributed by atoms with Crippen molar-refractivity contribution in [2.45, 2.75) is 12.6 Å². The monoisotopic (exact) mass is 536 g/mol. The first-order chi connectivity index (χ1) is 14.8. The summed E-state index contributed by atoms with van der Waals surface area (Å²) >= 11 is 0. The number of rotatable bonds is 9. The van der Waals surface area contributed by atoms with Crippen molar-refractivity contribution in [2.75, 3.05) is 46.5 Å². The van der Waals surface area contributed by atoms with E-state index in [9.17, 15) is 0 Å². The summed E-state index contributed by atoms with van der Waals surface area (Å²) in [6.45, 7) is 9.01. The van der Waals surface area contributed by atoms with E-state index in [-0.39, 0.29) is 30.0 Å². The van der Waals surface area contributed by atoms with E-state index in [0.29, 0.717) is 13.2 Å². The molecule has 1 heterocycles. The van der Waals surface area contributed by atoms with E-state index in [0.717, 1.165) is 50.1 Å². The number of ether oxygens (including phenoxy) is 2. The second-order valence-electron chi connectivity index (χ2n) is 7.09. The van der Waals surface area contributed by atoms with Crippen LogP contribution < -0.4 is 15.4 Å². The number of hydrogen-bond acceptors (Lipinski definition) is 4. The zero-order chi connectivity index (χ0) is 21.0. The first-order valence-corrected chi connectivity index (χ1v) is 10.4. The van der Waals surface area contributed by atoms with Gasteiger partial charge >= 0.3 is 0 Å². The van der Waals surface area contributed by atoms with Crippen LogP contribution in [-0.2, 0) is 11.3 Å². The average molecular weight is 536 g/mol. The Morgan fingerprint density at radius 1 is 1.13 bits per heavy atom. The van der Waals surface area contributed by atoms with E-state index < -0.39 is 0 Å². The molecule has 0 aromatic heterocycles. The van der Waals surface area contributed by atoms with Crippen molar-refractivity contribution in [3.8, 4) is 5.75 Å². The fourth-order valence-corrected chi connectivity index (χ4v) is 3.55. The van der Waals surface area contributed by atoms with Crippen molar-refractivity contribution in [3.63, 3.8) is 0 Å². The fourth-order valence-electron chi connectivity index (χ4n) is 3.55. The lowest BCUT2D eigenvalue weighted by Gasteiger charge is -2.35. The molecule has 0 bridgehead atoms. The molecule has 1 atom stereocenters. The van der Waals surface area contributed by atoms with E-state index in [1.807, 2.05) is 18.2 Å². The first kappa shape index (κ1) is 25.2. The Labute approximate surface area is 202 Å². The van der Waals surface area contributed by atoms with Gasteiger partial charge in [0, 0.05) is 38.8 Å². The molecule has 31 heavy (non-hydrogen) atoms. The van der Waals surface area contributed by atoms with Gasteiger partial charge < -0.3 is 20.1 Å². The molecule has 6 nitrogen and oxygen atoms in total. The molecule has 0 spiro atoms. The highest BCUT2D eigenvalue weighted by Gasteiger charge is 2.22. The second-order valence-corrected chi connectivity index (χ2v) is 7.09. The van der Waals surface area contributed by atoms with Gasteiger partial charge in [0.25, 0.3) is 0 Å². The highest BCUT2D eigenvalue weighted by atomic mass is 127. The summed E-state index contributed by atoms with van der Waals surface area (Å²) in [6.07, 6.45) is 1.75. The van der Waals surface area contributed by atoms with Crippen molar-refractivity contribution in [1.29, 1.82) is 0 Å². The maximum absolute atomic E-state index is 5.75. The molecule has 2 aromatic rings. The summed E-state index contributed by atoms with van der Waals surface area (Å²) in [5, 5.41) is 6.90. The number of aliphatic imine (C=N–C) groups is 1. The van der Waals surface area contributed by atoms with Gasteiger partial charge in [-0.1, -0.05) is 61.2 Å². The Morgan fingerprint density at radius 3 is 2.55 bits per heavy atom. The summed E-state index contributed by atoms with van der Waals surface area (Å²) < 4.78 is 11.3. The first-order valence-electron chi connectivity index (χ1n) is 10.4. The lowest BCUT2D eigenvalue weighted by molar-refractivity contribution is 0.0170. The molecule has 3 rings (SSSR count). The molecule has 1 fully saturated rings. The van der Waals surface area contributed by atoms with Gasteiger partial charge in [-0.05, 0) is 11.6 Å². The number of guanidine groups is 1. The van der Waals surface area contributed by atoms with Crippen LogP contribution in [0.3, 0.4) is 0 Å². The van der Waals surface area contributed by atoms with Gasteiger partial charge in [0.05, 0.1) is 19.3 Å². The van der Waals surface area contributed by atoms with Crippen molar-refractivity contribution in [3.05, 3.63) is 78.4 Å². The Kier molecular flexibility index (Phi) is 11.4. The molecule has 7 heteroatoms. The van der Waals surface area contributed by atoms with E-state index in [2.05, 4.69) is 63.5 Å². The van der Waals surface area contributed by atoms with Crippen LogP contribution in [0.2, 0.25) is 0 Å². The minimum Gasteiger partial charge on any atom is -0.489 e. The zero-order valence-corrected chi connectivity index (χ0v) is 20.5. The number of benzene rings is 2. The van der Waals surface area contributed by atoms with Crippen LogP contribution in [0.4, 0.5) is 0 Å². The van der Waals surface area contributed by atoms with Crippen LogP contribution >= 0.6 is 24.0 Å². The lowest BCUT2D eigenvalue weighted by Crippen LogP contribution is -2.46. The molecular weight excluding hydrogens is 503 g/mol. The molecule has 168 valence electrons. The molecule has 2 aromatic carbocycles. The summed E-state index contributed by atoms with van der Waals surface area (Å²) in [5.74, 6) is 1.62. The quantitative estimate of drug-likeness (QED) is 0.222. The number of morpholine rings is 1. The van der Waals surface area contributed by atoms with E-state index in [4.69, 9.17) is 9.47 Å². The Balaban J connectivity index is 0.00000341. The SMILES string of the molecule is C=CCOc1ccccc1CNC(=NC)NCC(c1ccccc1)N1CCOCC1.I.